The van der Waals surface area contributed by atoms with Crippen LogP contribution >= 0.6 is 34.5 Å². The first kappa shape index (κ1) is 22.1. The third-order valence-electron chi connectivity index (χ3n) is 4.21. The molecule has 0 fully saturated rings. The molecule has 0 spiro atoms. The third-order valence-corrected chi connectivity index (χ3v) is 5.86. The highest BCUT2D eigenvalue weighted by atomic mass is 35.5. The van der Waals surface area contributed by atoms with E-state index >= 15 is 0 Å². The number of aromatic nitrogens is 2. The van der Waals surface area contributed by atoms with Crippen molar-refractivity contribution in [1.82, 2.24) is 9.78 Å². The molecule has 30 heavy (non-hydrogen) atoms. The van der Waals surface area contributed by atoms with Crippen LogP contribution in [0.5, 0.6) is 5.75 Å². The number of rotatable bonds is 7. The molecule has 0 unspecified atom stereocenters. The van der Waals surface area contributed by atoms with E-state index in [0.717, 1.165) is 10.4 Å². The Kier molecular flexibility index (Phi) is 7.02. The molecule has 158 valence electrons. The van der Waals surface area contributed by atoms with Gasteiger partial charge >= 0.3 is 5.97 Å². The summed E-state index contributed by atoms with van der Waals surface area (Å²) in [6.45, 7) is 5.74. The Morgan fingerprint density at radius 2 is 2.00 bits per heavy atom. The van der Waals surface area contributed by atoms with E-state index in [9.17, 15) is 9.59 Å². The van der Waals surface area contributed by atoms with Crippen molar-refractivity contribution in [3.63, 3.8) is 0 Å². The number of nitrogens with zero attached hydrogens (tertiary/aromatic N) is 2. The smallest absolute Gasteiger partial charge is 0.341 e. The van der Waals surface area contributed by atoms with Crippen molar-refractivity contribution in [2.45, 2.75) is 27.5 Å². The average molecular weight is 468 g/mol. The van der Waals surface area contributed by atoms with Gasteiger partial charge in [0.1, 0.15) is 10.8 Å². The normalized spacial score (nSPS) is 10.7. The summed E-state index contributed by atoms with van der Waals surface area (Å²) in [6, 6.07) is 6.45. The molecule has 0 aliphatic heterocycles. The minimum Gasteiger partial charge on any atom is -0.470 e. The van der Waals surface area contributed by atoms with Crippen LogP contribution < -0.4 is 10.1 Å². The highest BCUT2D eigenvalue weighted by Gasteiger charge is 2.23. The molecule has 7 nitrogen and oxygen atoms in total. The van der Waals surface area contributed by atoms with Crippen LogP contribution in [0.4, 0.5) is 5.00 Å². The Labute approximate surface area is 187 Å². The molecule has 0 saturated heterocycles. The predicted octanol–water partition coefficient (Wildman–Crippen LogP) is 5.33. The third kappa shape index (κ3) is 4.95. The van der Waals surface area contributed by atoms with Crippen molar-refractivity contribution < 1.29 is 19.1 Å². The molecule has 0 bridgehead atoms. The van der Waals surface area contributed by atoms with Crippen LogP contribution in [-0.4, -0.2) is 28.3 Å². The van der Waals surface area contributed by atoms with E-state index < -0.39 is 11.9 Å². The molecule has 3 aromatic rings. The van der Waals surface area contributed by atoms with Crippen LogP contribution in [0.15, 0.2) is 30.5 Å². The molecule has 0 aliphatic rings. The molecule has 10 heteroatoms. The van der Waals surface area contributed by atoms with Gasteiger partial charge in [-0.25, -0.2) is 9.48 Å². The van der Waals surface area contributed by atoms with E-state index in [1.807, 2.05) is 13.8 Å². The van der Waals surface area contributed by atoms with Crippen LogP contribution in [0.3, 0.4) is 0 Å². The first-order valence-corrected chi connectivity index (χ1v) is 10.6. The minimum atomic E-state index is -0.464. The van der Waals surface area contributed by atoms with E-state index in [1.165, 1.54) is 16.0 Å². The van der Waals surface area contributed by atoms with Gasteiger partial charge in [-0.2, -0.15) is 5.10 Å². The number of halogens is 2. The molecule has 2 heterocycles. The highest BCUT2D eigenvalue weighted by Crippen LogP contribution is 2.33. The van der Waals surface area contributed by atoms with Gasteiger partial charge in [0.15, 0.2) is 12.4 Å². The largest absolute Gasteiger partial charge is 0.470 e. The number of esters is 1. The number of carbonyl (C=O) groups excluding carboxylic acids is 2. The van der Waals surface area contributed by atoms with E-state index in [0.29, 0.717) is 26.4 Å². The molecule has 2 aromatic heterocycles. The van der Waals surface area contributed by atoms with Crippen molar-refractivity contribution in [2.75, 3.05) is 11.9 Å². The number of aryl methyl sites for hydroxylation is 1. The van der Waals surface area contributed by atoms with Gasteiger partial charge < -0.3 is 14.8 Å². The zero-order valence-electron chi connectivity index (χ0n) is 16.5. The summed E-state index contributed by atoms with van der Waals surface area (Å²) >= 11 is 13.3. The summed E-state index contributed by atoms with van der Waals surface area (Å²) in [5.41, 5.74) is 1.33. The number of benzene rings is 1. The molecule has 1 N–H and O–H groups in total. The van der Waals surface area contributed by atoms with E-state index in [1.54, 1.807) is 37.4 Å². The van der Waals surface area contributed by atoms with E-state index in [-0.39, 0.29) is 19.0 Å². The number of amides is 1. The maximum atomic E-state index is 12.6. The lowest BCUT2D eigenvalue weighted by molar-refractivity contribution is 0.0527. The second-order valence-electron chi connectivity index (χ2n) is 6.25. The quantitative estimate of drug-likeness (QED) is 0.474. The number of carbonyl (C=O) groups is 2. The van der Waals surface area contributed by atoms with Crippen molar-refractivity contribution in [1.29, 1.82) is 0 Å². The molecular formula is C20H19Cl2N3O4S. The predicted molar refractivity (Wildman–Crippen MR) is 117 cm³/mol. The molecule has 1 aromatic carbocycles. The van der Waals surface area contributed by atoms with E-state index in [4.69, 9.17) is 32.7 Å². The average Bonchev–Trinajstić information content (AvgIpc) is 3.26. The molecule has 1 amide bonds. The Bertz CT molecular complexity index is 1090. The fourth-order valence-corrected chi connectivity index (χ4v) is 4.12. The summed E-state index contributed by atoms with van der Waals surface area (Å²) < 4.78 is 12.2. The Hall–Kier alpha value is -2.55. The lowest BCUT2D eigenvalue weighted by Crippen LogP contribution is -2.16. The van der Waals surface area contributed by atoms with Crippen LogP contribution in [0.1, 0.15) is 38.2 Å². The monoisotopic (exact) mass is 467 g/mol. The first-order valence-electron chi connectivity index (χ1n) is 9.00. The van der Waals surface area contributed by atoms with Gasteiger partial charge in [0, 0.05) is 16.1 Å². The number of ether oxygens (including phenoxy) is 2. The summed E-state index contributed by atoms with van der Waals surface area (Å²) in [5, 5.41) is 8.28. The second kappa shape index (κ2) is 9.51. The van der Waals surface area contributed by atoms with Gasteiger partial charge in [0.25, 0.3) is 5.91 Å². The first-order chi connectivity index (χ1) is 14.3. The number of hydrogen-bond donors (Lipinski definition) is 1. The second-order valence-corrected chi connectivity index (χ2v) is 8.32. The Morgan fingerprint density at radius 3 is 2.70 bits per heavy atom. The highest BCUT2D eigenvalue weighted by molar-refractivity contribution is 7.16. The Balaban J connectivity index is 1.70. The summed E-state index contributed by atoms with van der Waals surface area (Å²) in [4.78, 5) is 25.8. The molecule has 0 radical (unpaired) electrons. The van der Waals surface area contributed by atoms with Crippen LogP contribution in [0, 0.1) is 13.8 Å². The lowest BCUT2D eigenvalue weighted by Gasteiger charge is -2.08. The van der Waals surface area contributed by atoms with Gasteiger partial charge in [-0.1, -0.05) is 23.2 Å². The number of thiophene rings is 1. The minimum absolute atomic E-state index is 0.0555. The zero-order chi connectivity index (χ0) is 21.8. The summed E-state index contributed by atoms with van der Waals surface area (Å²) in [6.07, 6.45) is 1.61. The van der Waals surface area contributed by atoms with Crippen LogP contribution in [0.25, 0.3) is 0 Å². The van der Waals surface area contributed by atoms with Crippen molar-refractivity contribution in [3.8, 4) is 5.75 Å². The van der Waals surface area contributed by atoms with E-state index in [2.05, 4.69) is 10.4 Å². The van der Waals surface area contributed by atoms with Crippen LogP contribution in [-0.2, 0) is 11.5 Å². The molecule has 3 rings (SSSR count). The zero-order valence-corrected chi connectivity index (χ0v) is 18.8. The maximum Gasteiger partial charge on any atom is 0.341 e. The maximum absolute atomic E-state index is 12.6. The fraction of sp³-hybridized carbons (Fsp3) is 0.250. The molecule has 0 aliphatic carbocycles. The van der Waals surface area contributed by atoms with Gasteiger partial charge in [-0.05, 0) is 50.6 Å². The van der Waals surface area contributed by atoms with Gasteiger partial charge in [-0.3, -0.25) is 4.79 Å². The van der Waals surface area contributed by atoms with Gasteiger partial charge in [-0.15, -0.1) is 11.3 Å². The topological polar surface area (TPSA) is 82.5 Å². The van der Waals surface area contributed by atoms with Gasteiger partial charge in [0.05, 0.1) is 17.2 Å². The van der Waals surface area contributed by atoms with Crippen molar-refractivity contribution >= 4 is 51.4 Å². The molecule has 0 saturated carbocycles. The van der Waals surface area contributed by atoms with Gasteiger partial charge in [0.2, 0.25) is 0 Å². The molecule has 0 atom stereocenters. The lowest BCUT2D eigenvalue weighted by atomic mass is 10.1. The SMILES string of the molecule is CCOC(=O)c1c(NC(=O)c2ccn(COc3ccc(Cl)cc3Cl)n2)sc(C)c1C. The number of anilines is 1. The fourth-order valence-electron chi connectivity index (χ4n) is 2.61. The van der Waals surface area contributed by atoms with Crippen LogP contribution in [0.2, 0.25) is 10.0 Å². The van der Waals surface area contributed by atoms with Crippen molar-refractivity contribution in [2.24, 2.45) is 0 Å². The summed E-state index contributed by atoms with van der Waals surface area (Å²) in [5.74, 6) is -0.454. The van der Waals surface area contributed by atoms with Crippen molar-refractivity contribution in [3.05, 3.63) is 62.2 Å². The molecular weight excluding hydrogens is 449 g/mol. The standard InChI is InChI=1S/C20H19Cl2N3O4S/c1-4-28-20(27)17-11(2)12(3)30-19(17)23-18(26)15-7-8-25(24-15)10-29-16-6-5-13(21)9-14(16)22/h5-9H,4,10H2,1-3H3,(H,23,26). The Morgan fingerprint density at radius 1 is 1.23 bits per heavy atom. The number of hydrogen-bond acceptors (Lipinski definition) is 6. The number of nitrogens with one attached hydrogen (secondary N) is 1. The summed E-state index contributed by atoms with van der Waals surface area (Å²) in [7, 11) is 0.